The van der Waals surface area contributed by atoms with E-state index in [2.05, 4.69) is 5.32 Å². The monoisotopic (exact) mass is 271 g/mol. The molecule has 1 atom stereocenters. The fourth-order valence-electron chi connectivity index (χ4n) is 1.98. The van der Waals surface area contributed by atoms with Gasteiger partial charge in [0.1, 0.15) is 0 Å². The molecule has 110 valence electrons. The van der Waals surface area contributed by atoms with Crippen LogP contribution in [0.3, 0.4) is 0 Å². The van der Waals surface area contributed by atoms with Crippen molar-refractivity contribution in [3.05, 3.63) is 0 Å². The van der Waals surface area contributed by atoms with Gasteiger partial charge in [0.2, 0.25) is 11.8 Å². The quantitative estimate of drug-likeness (QED) is 0.720. The topological polar surface area (TPSA) is 84.7 Å². The van der Waals surface area contributed by atoms with Crippen LogP contribution in [0, 0.1) is 5.92 Å². The highest BCUT2D eigenvalue weighted by atomic mass is 16.5. The first kappa shape index (κ1) is 15.9. The predicted octanol–water partition coefficient (Wildman–Crippen LogP) is -0.277. The molecule has 19 heavy (non-hydrogen) atoms. The van der Waals surface area contributed by atoms with Crippen molar-refractivity contribution in [3.63, 3.8) is 0 Å². The normalized spacial score (nSPS) is 18.2. The maximum atomic E-state index is 12.0. The summed E-state index contributed by atoms with van der Waals surface area (Å²) in [7, 11) is 1.77. The van der Waals surface area contributed by atoms with Crippen molar-refractivity contribution in [1.29, 1.82) is 0 Å². The minimum absolute atomic E-state index is 0.00705. The molecule has 0 radical (unpaired) electrons. The average molecular weight is 271 g/mol. The first-order chi connectivity index (χ1) is 8.93. The molecule has 6 heteroatoms. The SMILES string of the molecule is CC(C)[C@H](N)C(=O)NCC(=O)N(C)C1CCOCC1. The molecule has 1 heterocycles. The summed E-state index contributed by atoms with van der Waals surface area (Å²) in [4.78, 5) is 25.3. The second-order valence-corrected chi connectivity index (χ2v) is 5.34. The van der Waals surface area contributed by atoms with E-state index < -0.39 is 6.04 Å². The predicted molar refractivity (Wildman–Crippen MR) is 72.4 cm³/mol. The van der Waals surface area contributed by atoms with E-state index in [1.807, 2.05) is 13.8 Å². The summed E-state index contributed by atoms with van der Waals surface area (Å²) in [5.41, 5.74) is 5.71. The Morgan fingerprint density at radius 3 is 2.47 bits per heavy atom. The molecule has 2 amide bonds. The van der Waals surface area contributed by atoms with Crippen molar-refractivity contribution >= 4 is 11.8 Å². The lowest BCUT2D eigenvalue weighted by Crippen LogP contribution is -2.49. The van der Waals surface area contributed by atoms with E-state index in [-0.39, 0.29) is 30.3 Å². The molecular weight excluding hydrogens is 246 g/mol. The fourth-order valence-corrected chi connectivity index (χ4v) is 1.98. The molecule has 1 rings (SSSR count). The van der Waals surface area contributed by atoms with Gasteiger partial charge in [-0.1, -0.05) is 13.8 Å². The number of nitrogens with two attached hydrogens (primary N) is 1. The zero-order valence-electron chi connectivity index (χ0n) is 12.0. The molecular formula is C13H25N3O3. The van der Waals surface area contributed by atoms with Crippen LogP contribution >= 0.6 is 0 Å². The Balaban J connectivity index is 2.35. The van der Waals surface area contributed by atoms with Gasteiger partial charge in [0.15, 0.2) is 0 Å². The van der Waals surface area contributed by atoms with Gasteiger partial charge in [-0.3, -0.25) is 9.59 Å². The van der Waals surface area contributed by atoms with E-state index in [1.165, 1.54) is 0 Å². The van der Waals surface area contributed by atoms with Gasteiger partial charge in [0, 0.05) is 26.3 Å². The molecule has 3 N–H and O–H groups in total. The van der Waals surface area contributed by atoms with Crippen LogP contribution in [0.5, 0.6) is 0 Å². The highest BCUT2D eigenvalue weighted by molar-refractivity contribution is 5.87. The second kappa shape index (κ2) is 7.45. The van der Waals surface area contributed by atoms with Crippen LogP contribution < -0.4 is 11.1 Å². The smallest absolute Gasteiger partial charge is 0.241 e. The Bertz CT molecular complexity index is 314. The highest BCUT2D eigenvalue weighted by Gasteiger charge is 2.23. The summed E-state index contributed by atoms with van der Waals surface area (Å²) >= 11 is 0. The van der Waals surface area contributed by atoms with Crippen molar-refractivity contribution in [2.75, 3.05) is 26.8 Å². The number of nitrogens with zero attached hydrogens (tertiary/aromatic N) is 1. The van der Waals surface area contributed by atoms with Crippen molar-refractivity contribution in [2.45, 2.75) is 38.8 Å². The molecule has 1 aliphatic rings. The number of nitrogens with one attached hydrogen (secondary N) is 1. The Labute approximate surface area is 114 Å². The van der Waals surface area contributed by atoms with Crippen LogP contribution in [0.25, 0.3) is 0 Å². The molecule has 1 fully saturated rings. The average Bonchev–Trinajstić information content (AvgIpc) is 2.43. The van der Waals surface area contributed by atoms with E-state index in [1.54, 1.807) is 11.9 Å². The number of hydrogen-bond acceptors (Lipinski definition) is 4. The number of ether oxygens (including phenoxy) is 1. The van der Waals surface area contributed by atoms with Gasteiger partial charge in [0.05, 0.1) is 12.6 Å². The zero-order chi connectivity index (χ0) is 14.4. The van der Waals surface area contributed by atoms with E-state index >= 15 is 0 Å². The van der Waals surface area contributed by atoms with Gasteiger partial charge < -0.3 is 20.7 Å². The minimum atomic E-state index is -0.568. The highest BCUT2D eigenvalue weighted by Crippen LogP contribution is 2.12. The standard InChI is InChI=1S/C13H25N3O3/c1-9(2)12(14)13(18)15-8-11(17)16(3)10-4-6-19-7-5-10/h9-10,12H,4-8,14H2,1-3H3,(H,15,18)/t12-/m0/s1. The molecule has 0 spiro atoms. The number of carbonyl (C=O) groups excluding carboxylic acids is 2. The molecule has 0 aromatic carbocycles. The molecule has 0 bridgehead atoms. The lowest BCUT2D eigenvalue weighted by molar-refractivity contribution is -0.135. The largest absolute Gasteiger partial charge is 0.381 e. The van der Waals surface area contributed by atoms with Gasteiger partial charge in [-0.2, -0.15) is 0 Å². The van der Waals surface area contributed by atoms with Gasteiger partial charge >= 0.3 is 0 Å². The molecule has 1 aliphatic heterocycles. The number of rotatable bonds is 5. The fraction of sp³-hybridized carbons (Fsp3) is 0.846. The van der Waals surface area contributed by atoms with Crippen molar-refractivity contribution in [1.82, 2.24) is 10.2 Å². The van der Waals surface area contributed by atoms with E-state index in [9.17, 15) is 9.59 Å². The van der Waals surface area contributed by atoms with Crippen molar-refractivity contribution < 1.29 is 14.3 Å². The molecule has 0 aromatic rings. The number of hydrogen-bond donors (Lipinski definition) is 2. The van der Waals surface area contributed by atoms with E-state index in [0.717, 1.165) is 12.8 Å². The van der Waals surface area contributed by atoms with Crippen molar-refractivity contribution in [2.24, 2.45) is 11.7 Å². The number of carbonyl (C=O) groups is 2. The molecule has 1 saturated heterocycles. The lowest BCUT2D eigenvalue weighted by Gasteiger charge is -2.31. The maximum absolute atomic E-state index is 12.0. The third-order valence-corrected chi connectivity index (χ3v) is 3.57. The number of amides is 2. The summed E-state index contributed by atoms with van der Waals surface area (Å²) < 4.78 is 5.26. The van der Waals surface area contributed by atoms with E-state index in [0.29, 0.717) is 13.2 Å². The molecule has 0 aliphatic carbocycles. The van der Waals surface area contributed by atoms with Gasteiger partial charge in [-0.05, 0) is 18.8 Å². The Hall–Kier alpha value is -1.14. The van der Waals surface area contributed by atoms with Gasteiger partial charge in [0.25, 0.3) is 0 Å². The van der Waals surface area contributed by atoms with Gasteiger partial charge in [-0.15, -0.1) is 0 Å². The maximum Gasteiger partial charge on any atom is 0.241 e. The summed E-state index contributed by atoms with van der Waals surface area (Å²) in [5.74, 6) is -0.303. The summed E-state index contributed by atoms with van der Waals surface area (Å²) in [6.07, 6.45) is 1.70. The summed E-state index contributed by atoms with van der Waals surface area (Å²) in [5, 5.41) is 2.60. The Morgan fingerprint density at radius 2 is 1.95 bits per heavy atom. The summed E-state index contributed by atoms with van der Waals surface area (Å²) in [6.45, 7) is 5.13. The first-order valence-electron chi connectivity index (χ1n) is 6.80. The van der Waals surface area contributed by atoms with Crippen LogP contribution in [-0.4, -0.2) is 55.6 Å². The number of likely N-dealkylation sites (N-methyl/N-ethyl adjacent to an activating group) is 1. The Morgan fingerprint density at radius 1 is 1.37 bits per heavy atom. The minimum Gasteiger partial charge on any atom is -0.381 e. The lowest BCUT2D eigenvalue weighted by atomic mass is 10.1. The molecule has 6 nitrogen and oxygen atoms in total. The Kier molecular flexibility index (Phi) is 6.24. The zero-order valence-corrected chi connectivity index (χ0v) is 12.0. The molecule has 0 saturated carbocycles. The third-order valence-electron chi connectivity index (χ3n) is 3.57. The third kappa shape index (κ3) is 4.80. The summed E-state index contributed by atoms with van der Waals surface area (Å²) in [6, 6.07) is -0.363. The van der Waals surface area contributed by atoms with Crippen LogP contribution in [0.2, 0.25) is 0 Å². The molecule has 0 unspecified atom stereocenters. The first-order valence-corrected chi connectivity index (χ1v) is 6.80. The second-order valence-electron chi connectivity index (χ2n) is 5.34. The van der Waals surface area contributed by atoms with E-state index in [4.69, 9.17) is 10.5 Å². The van der Waals surface area contributed by atoms with Gasteiger partial charge in [-0.25, -0.2) is 0 Å². The van der Waals surface area contributed by atoms with Crippen LogP contribution in [0.1, 0.15) is 26.7 Å². The molecule has 0 aromatic heterocycles. The van der Waals surface area contributed by atoms with Crippen molar-refractivity contribution in [3.8, 4) is 0 Å². The van der Waals surface area contributed by atoms with Crippen LogP contribution in [0.4, 0.5) is 0 Å². The van der Waals surface area contributed by atoms with Crippen LogP contribution in [-0.2, 0) is 14.3 Å². The van der Waals surface area contributed by atoms with Crippen LogP contribution in [0.15, 0.2) is 0 Å².